The van der Waals surface area contributed by atoms with Gasteiger partial charge in [0, 0.05) is 0 Å². The van der Waals surface area contributed by atoms with Crippen molar-refractivity contribution in [3.8, 4) is 0 Å². The predicted molar refractivity (Wildman–Crippen MR) is 36.1 cm³/mol. The van der Waals surface area contributed by atoms with Gasteiger partial charge >= 0.3 is 18.4 Å². The molecule has 0 spiro atoms. The van der Waals surface area contributed by atoms with Crippen LogP contribution in [-0.2, 0) is 19.1 Å². The molecule has 0 bridgehead atoms. The Labute approximate surface area is 72.8 Å². The molecule has 0 saturated carbocycles. The maximum atomic E-state index is 11.7. The van der Waals surface area contributed by atoms with Gasteiger partial charge in [0.05, 0.1) is 6.61 Å². The number of halogens is 2. The Morgan fingerprint density at radius 3 is 2.85 bits per heavy atom. The quantitative estimate of drug-likeness (QED) is 0.600. The summed E-state index contributed by atoms with van der Waals surface area (Å²) in [6.07, 6.45) is -3.59. The number of ether oxygens (including phenoxy) is 2. The van der Waals surface area contributed by atoms with E-state index in [2.05, 4.69) is 9.47 Å². The van der Waals surface area contributed by atoms with Gasteiger partial charge in [0.1, 0.15) is 0 Å². The average Bonchev–Trinajstić information content (AvgIpc) is 2.08. The zero-order valence-corrected chi connectivity index (χ0v) is 6.66. The third-order valence-electron chi connectivity index (χ3n) is 1.55. The zero-order chi connectivity index (χ0) is 9.84. The van der Waals surface area contributed by atoms with Gasteiger partial charge in [0.2, 0.25) is 0 Å². The van der Waals surface area contributed by atoms with Crippen molar-refractivity contribution in [2.75, 3.05) is 6.61 Å². The minimum atomic E-state index is -3.20. The molecule has 1 unspecified atom stereocenters. The average molecular weight is 194 g/mol. The predicted octanol–water partition coefficient (Wildman–Crippen LogP) is 0.500. The van der Waals surface area contributed by atoms with E-state index in [1.54, 1.807) is 0 Å². The molecule has 1 aliphatic heterocycles. The molecule has 74 valence electrons. The van der Waals surface area contributed by atoms with Gasteiger partial charge in [-0.3, -0.25) is 0 Å². The highest BCUT2D eigenvalue weighted by Gasteiger charge is 2.30. The van der Waals surface area contributed by atoms with Crippen LogP contribution in [-0.4, -0.2) is 31.1 Å². The third kappa shape index (κ3) is 2.64. The maximum Gasteiger partial charge on any atom is 0.374 e. The van der Waals surface area contributed by atoms with Crippen molar-refractivity contribution < 1.29 is 27.8 Å². The molecular formula is C7H8F2O4. The van der Waals surface area contributed by atoms with Gasteiger partial charge in [0.15, 0.2) is 6.10 Å². The molecule has 1 rings (SSSR count). The summed E-state index contributed by atoms with van der Waals surface area (Å²) in [5.41, 5.74) is 0. The fourth-order valence-electron chi connectivity index (χ4n) is 0.951. The van der Waals surface area contributed by atoms with E-state index >= 15 is 0 Å². The number of carbonyl (C=O) groups excluding carboxylic acids is 2. The van der Waals surface area contributed by atoms with Gasteiger partial charge in [-0.25, -0.2) is 9.59 Å². The Kier molecular flexibility index (Phi) is 3.16. The molecule has 1 atom stereocenters. The van der Waals surface area contributed by atoms with Crippen LogP contribution in [0.1, 0.15) is 12.8 Å². The highest BCUT2D eigenvalue weighted by Crippen LogP contribution is 2.13. The minimum Gasteiger partial charge on any atom is -0.463 e. The van der Waals surface area contributed by atoms with Crippen LogP contribution in [0.5, 0.6) is 0 Å². The van der Waals surface area contributed by atoms with Crippen LogP contribution >= 0.6 is 0 Å². The molecule has 1 aliphatic rings. The molecular weight excluding hydrogens is 186 g/mol. The lowest BCUT2D eigenvalue weighted by Crippen LogP contribution is -2.35. The second kappa shape index (κ2) is 4.15. The van der Waals surface area contributed by atoms with Crippen LogP contribution in [0.2, 0.25) is 0 Å². The molecule has 13 heavy (non-hydrogen) atoms. The number of carbonyl (C=O) groups is 2. The first kappa shape index (κ1) is 9.88. The second-order valence-corrected chi connectivity index (χ2v) is 2.54. The number of esters is 2. The van der Waals surface area contributed by atoms with E-state index in [1.165, 1.54) is 0 Å². The first-order valence-corrected chi connectivity index (χ1v) is 3.76. The summed E-state index contributed by atoms with van der Waals surface area (Å²) in [6.45, 7) is 0.252. The molecule has 4 nitrogen and oxygen atoms in total. The lowest BCUT2D eigenvalue weighted by atomic mass is 10.1. The Hall–Kier alpha value is -1.20. The summed E-state index contributed by atoms with van der Waals surface area (Å²) in [4.78, 5) is 21.2. The van der Waals surface area contributed by atoms with E-state index in [4.69, 9.17) is 0 Å². The lowest BCUT2D eigenvalue weighted by Gasteiger charge is -2.20. The summed E-state index contributed by atoms with van der Waals surface area (Å²) < 4.78 is 32.1. The number of alkyl halides is 2. The molecule has 1 fully saturated rings. The van der Waals surface area contributed by atoms with Crippen LogP contribution in [0.25, 0.3) is 0 Å². The van der Waals surface area contributed by atoms with Crippen molar-refractivity contribution in [3.05, 3.63) is 0 Å². The Morgan fingerprint density at radius 1 is 1.62 bits per heavy atom. The molecule has 0 aliphatic carbocycles. The number of rotatable bonds is 2. The molecule has 0 aromatic carbocycles. The minimum absolute atomic E-state index is 0.247. The van der Waals surface area contributed by atoms with Crippen molar-refractivity contribution in [2.24, 2.45) is 0 Å². The molecule has 0 aromatic heterocycles. The normalized spacial score (nSPS) is 22.7. The summed E-state index contributed by atoms with van der Waals surface area (Å²) in [5.74, 6) is -2.43. The van der Waals surface area contributed by atoms with Crippen molar-refractivity contribution in [1.82, 2.24) is 0 Å². The molecule has 6 heteroatoms. The van der Waals surface area contributed by atoms with Crippen LogP contribution in [0.4, 0.5) is 8.78 Å². The molecule has 0 aromatic rings. The van der Waals surface area contributed by atoms with Gasteiger partial charge in [0.25, 0.3) is 0 Å². The van der Waals surface area contributed by atoms with Gasteiger partial charge in [-0.1, -0.05) is 0 Å². The van der Waals surface area contributed by atoms with Crippen LogP contribution < -0.4 is 0 Å². The van der Waals surface area contributed by atoms with Gasteiger partial charge in [-0.05, 0) is 12.8 Å². The summed E-state index contributed by atoms with van der Waals surface area (Å²) in [7, 11) is 0. The first-order chi connectivity index (χ1) is 6.11. The van der Waals surface area contributed by atoms with Crippen molar-refractivity contribution in [1.29, 1.82) is 0 Å². The summed E-state index contributed by atoms with van der Waals surface area (Å²) in [6, 6.07) is 0. The summed E-state index contributed by atoms with van der Waals surface area (Å²) in [5, 5.41) is 0. The second-order valence-electron chi connectivity index (χ2n) is 2.54. The third-order valence-corrected chi connectivity index (χ3v) is 1.55. The maximum absolute atomic E-state index is 11.7. The van der Waals surface area contributed by atoms with Crippen molar-refractivity contribution >= 4 is 11.9 Å². The SMILES string of the molecule is O=C(OC1CCCOC1=O)C(F)F. The smallest absolute Gasteiger partial charge is 0.374 e. The molecule has 0 N–H and O–H groups in total. The number of hydrogen-bond acceptors (Lipinski definition) is 4. The molecule has 0 amide bonds. The lowest BCUT2D eigenvalue weighted by molar-refractivity contribution is -0.179. The fourth-order valence-corrected chi connectivity index (χ4v) is 0.951. The van der Waals surface area contributed by atoms with Gasteiger partial charge < -0.3 is 9.47 Å². The van der Waals surface area contributed by atoms with Crippen molar-refractivity contribution in [2.45, 2.75) is 25.4 Å². The molecule has 0 radical (unpaired) electrons. The van der Waals surface area contributed by atoms with E-state index in [1.807, 2.05) is 0 Å². The summed E-state index contributed by atoms with van der Waals surface area (Å²) >= 11 is 0. The number of hydrogen-bond donors (Lipinski definition) is 0. The Balaban J connectivity index is 2.43. The van der Waals surface area contributed by atoms with E-state index in [0.29, 0.717) is 6.42 Å². The van der Waals surface area contributed by atoms with E-state index in [0.717, 1.165) is 0 Å². The van der Waals surface area contributed by atoms with Crippen LogP contribution in [0, 0.1) is 0 Å². The standard InChI is InChI=1S/C7H8F2O4/c8-5(9)7(11)13-4-2-1-3-12-6(4)10/h4-5H,1-3H2. The van der Waals surface area contributed by atoms with E-state index in [9.17, 15) is 18.4 Å². The fraction of sp³-hybridized carbons (Fsp3) is 0.714. The largest absolute Gasteiger partial charge is 0.463 e. The first-order valence-electron chi connectivity index (χ1n) is 3.76. The van der Waals surface area contributed by atoms with E-state index < -0.39 is 24.5 Å². The monoisotopic (exact) mass is 194 g/mol. The van der Waals surface area contributed by atoms with Crippen molar-refractivity contribution in [3.63, 3.8) is 0 Å². The zero-order valence-electron chi connectivity index (χ0n) is 6.66. The van der Waals surface area contributed by atoms with Crippen LogP contribution in [0.15, 0.2) is 0 Å². The Bertz CT molecular complexity index is 217. The highest BCUT2D eigenvalue weighted by molar-refractivity contribution is 5.80. The molecule has 1 heterocycles. The number of cyclic esters (lactones) is 1. The van der Waals surface area contributed by atoms with Gasteiger partial charge in [-0.15, -0.1) is 0 Å². The highest BCUT2D eigenvalue weighted by atomic mass is 19.3. The van der Waals surface area contributed by atoms with Gasteiger partial charge in [-0.2, -0.15) is 8.78 Å². The topological polar surface area (TPSA) is 52.6 Å². The Morgan fingerprint density at radius 2 is 2.31 bits per heavy atom. The van der Waals surface area contributed by atoms with E-state index in [-0.39, 0.29) is 13.0 Å². The van der Waals surface area contributed by atoms with Crippen LogP contribution in [0.3, 0.4) is 0 Å². The molecule has 1 saturated heterocycles.